The Labute approximate surface area is 98.5 Å². The summed E-state index contributed by atoms with van der Waals surface area (Å²) in [6.45, 7) is 3.89. The van der Waals surface area contributed by atoms with Gasteiger partial charge in [0.2, 0.25) is 0 Å². The Morgan fingerprint density at radius 2 is 2.38 bits per heavy atom. The number of nitrogens with one attached hydrogen (secondary N) is 1. The zero-order valence-corrected chi connectivity index (χ0v) is 10.2. The summed E-state index contributed by atoms with van der Waals surface area (Å²) in [6.07, 6.45) is 2.59. The minimum Gasteiger partial charge on any atom is -0.466 e. The number of furan rings is 1. The monoisotopic (exact) mass is 237 g/mol. The molecule has 2 aromatic heterocycles. The molecule has 0 amide bonds. The summed E-state index contributed by atoms with van der Waals surface area (Å²) in [7, 11) is 0. The third-order valence-corrected chi connectivity index (χ3v) is 3.32. The van der Waals surface area contributed by atoms with Gasteiger partial charge >= 0.3 is 0 Å². The van der Waals surface area contributed by atoms with E-state index in [9.17, 15) is 0 Å². The van der Waals surface area contributed by atoms with Gasteiger partial charge in [0, 0.05) is 23.6 Å². The molecule has 16 heavy (non-hydrogen) atoms. The van der Waals surface area contributed by atoms with E-state index in [0.717, 1.165) is 28.5 Å². The predicted molar refractivity (Wildman–Crippen MR) is 64.1 cm³/mol. The number of hydrogen-bond donors (Lipinski definition) is 2. The van der Waals surface area contributed by atoms with Crippen LogP contribution in [-0.2, 0) is 6.42 Å². The average Bonchev–Trinajstić information content (AvgIpc) is 2.85. The first kappa shape index (κ1) is 11.3. The molecular weight excluding hydrogens is 222 g/mol. The van der Waals surface area contributed by atoms with Crippen molar-refractivity contribution in [3.63, 3.8) is 0 Å². The Hall–Kier alpha value is -1.17. The quantitative estimate of drug-likeness (QED) is 0.631. The number of nitrogens with zero attached hydrogens (tertiary/aromatic N) is 1. The summed E-state index contributed by atoms with van der Waals surface area (Å²) >= 11 is 1.64. The van der Waals surface area contributed by atoms with E-state index in [1.807, 2.05) is 25.3 Å². The molecule has 2 heterocycles. The van der Waals surface area contributed by atoms with Crippen LogP contribution in [0.25, 0.3) is 0 Å². The topological polar surface area (TPSA) is 64.1 Å². The molecule has 86 valence electrons. The minimum absolute atomic E-state index is 0.0589. The molecule has 0 radical (unpaired) electrons. The highest BCUT2D eigenvalue weighted by Crippen LogP contribution is 2.24. The first-order chi connectivity index (χ1) is 7.70. The van der Waals surface area contributed by atoms with Gasteiger partial charge in [0.25, 0.3) is 0 Å². The molecule has 0 fully saturated rings. The van der Waals surface area contributed by atoms with E-state index >= 15 is 0 Å². The molecular formula is C11H15N3OS. The van der Waals surface area contributed by atoms with Crippen molar-refractivity contribution in [1.82, 2.24) is 10.4 Å². The van der Waals surface area contributed by atoms with Gasteiger partial charge in [0.05, 0.1) is 11.0 Å². The Kier molecular flexibility index (Phi) is 3.38. The molecule has 2 aromatic rings. The van der Waals surface area contributed by atoms with Crippen LogP contribution in [0, 0.1) is 13.8 Å². The lowest BCUT2D eigenvalue weighted by Gasteiger charge is -2.13. The van der Waals surface area contributed by atoms with Gasteiger partial charge in [-0.1, -0.05) is 0 Å². The van der Waals surface area contributed by atoms with E-state index in [4.69, 9.17) is 10.3 Å². The smallest absolute Gasteiger partial charge is 0.105 e. The average molecular weight is 237 g/mol. The molecule has 0 saturated heterocycles. The number of rotatable bonds is 4. The number of thiazole rings is 1. The fraction of sp³-hybridized carbons (Fsp3) is 0.364. The molecule has 2 rings (SSSR count). The molecule has 0 saturated carbocycles. The molecule has 1 atom stereocenters. The third-order valence-electron chi connectivity index (χ3n) is 2.52. The summed E-state index contributed by atoms with van der Waals surface area (Å²) in [4.78, 5) is 4.26. The summed E-state index contributed by atoms with van der Waals surface area (Å²) in [5, 5.41) is 3.04. The molecule has 0 aliphatic rings. The fourth-order valence-corrected chi connectivity index (χ4v) is 2.45. The van der Waals surface area contributed by atoms with Crippen molar-refractivity contribution >= 4 is 11.3 Å². The molecule has 0 bridgehead atoms. The second-order valence-electron chi connectivity index (χ2n) is 3.72. The van der Waals surface area contributed by atoms with Crippen LogP contribution in [0.1, 0.15) is 28.1 Å². The standard InChI is InChI=1S/C11H15N3OS/c1-7-5-9(8(2)15-7)10(14-12)6-11-13-3-4-16-11/h3-5,10,14H,6,12H2,1-2H3. The third kappa shape index (κ3) is 2.32. The zero-order valence-electron chi connectivity index (χ0n) is 9.36. The SMILES string of the molecule is Cc1cc(C(Cc2nccs2)NN)c(C)o1. The Bertz CT molecular complexity index is 450. The lowest BCUT2D eigenvalue weighted by atomic mass is 10.1. The summed E-state index contributed by atoms with van der Waals surface area (Å²) in [5.74, 6) is 7.41. The molecule has 0 aliphatic heterocycles. The van der Waals surface area contributed by atoms with E-state index < -0.39 is 0 Å². The van der Waals surface area contributed by atoms with Crippen LogP contribution >= 0.6 is 11.3 Å². The second-order valence-corrected chi connectivity index (χ2v) is 4.70. The van der Waals surface area contributed by atoms with Crippen molar-refractivity contribution in [3.8, 4) is 0 Å². The summed E-state index contributed by atoms with van der Waals surface area (Å²) in [6, 6.07) is 2.08. The lowest BCUT2D eigenvalue weighted by molar-refractivity contribution is 0.484. The molecule has 3 N–H and O–H groups in total. The Balaban J connectivity index is 2.19. The first-order valence-corrected chi connectivity index (χ1v) is 6.00. The van der Waals surface area contributed by atoms with Gasteiger partial charge in [0.1, 0.15) is 11.5 Å². The fourth-order valence-electron chi connectivity index (χ4n) is 1.78. The van der Waals surface area contributed by atoms with E-state index in [2.05, 4.69) is 10.4 Å². The van der Waals surface area contributed by atoms with Crippen LogP contribution in [0.5, 0.6) is 0 Å². The number of hydrogen-bond acceptors (Lipinski definition) is 5. The van der Waals surface area contributed by atoms with E-state index in [1.54, 1.807) is 17.5 Å². The van der Waals surface area contributed by atoms with Gasteiger partial charge in [-0.15, -0.1) is 11.3 Å². The van der Waals surface area contributed by atoms with Crippen LogP contribution in [-0.4, -0.2) is 4.98 Å². The molecule has 0 aromatic carbocycles. The van der Waals surface area contributed by atoms with Crippen molar-refractivity contribution in [1.29, 1.82) is 0 Å². The number of nitrogens with two attached hydrogens (primary N) is 1. The molecule has 1 unspecified atom stereocenters. The van der Waals surface area contributed by atoms with Crippen LogP contribution in [0.4, 0.5) is 0 Å². The van der Waals surface area contributed by atoms with Gasteiger partial charge in [-0.05, 0) is 19.9 Å². The summed E-state index contributed by atoms with van der Waals surface area (Å²) < 4.78 is 5.50. The normalized spacial score (nSPS) is 12.9. The molecule has 0 spiro atoms. The Morgan fingerprint density at radius 3 is 2.88 bits per heavy atom. The predicted octanol–water partition coefficient (Wildman–Crippen LogP) is 2.10. The van der Waals surface area contributed by atoms with E-state index in [1.165, 1.54) is 0 Å². The van der Waals surface area contributed by atoms with Gasteiger partial charge in [-0.2, -0.15) is 0 Å². The van der Waals surface area contributed by atoms with Crippen molar-refractivity contribution in [2.75, 3.05) is 0 Å². The van der Waals surface area contributed by atoms with Crippen molar-refractivity contribution in [2.24, 2.45) is 5.84 Å². The van der Waals surface area contributed by atoms with Gasteiger partial charge in [-0.3, -0.25) is 11.3 Å². The molecule has 5 heteroatoms. The maximum absolute atomic E-state index is 5.58. The van der Waals surface area contributed by atoms with Crippen molar-refractivity contribution in [2.45, 2.75) is 26.3 Å². The molecule has 4 nitrogen and oxygen atoms in total. The number of aryl methyl sites for hydroxylation is 2. The summed E-state index contributed by atoms with van der Waals surface area (Å²) in [5.41, 5.74) is 3.92. The zero-order chi connectivity index (χ0) is 11.5. The van der Waals surface area contributed by atoms with Gasteiger partial charge in [-0.25, -0.2) is 4.98 Å². The lowest BCUT2D eigenvalue weighted by Crippen LogP contribution is -2.29. The number of aromatic nitrogens is 1. The molecule has 0 aliphatic carbocycles. The minimum atomic E-state index is 0.0589. The highest BCUT2D eigenvalue weighted by atomic mass is 32.1. The van der Waals surface area contributed by atoms with Crippen LogP contribution in [0.2, 0.25) is 0 Å². The van der Waals surface area contributed by atoms with Crippen LogP contribution < -0.4 is 11.3 Å². The van der Waals surface area contributed by atoms with Gasteiger partial charge < -0.3 is 4.42 Å². The Morgan fingerprint density at radius 1 is 1.56 bits per heavy atom. The largest absolute Gasteiger partial charge is 0.466 e. The second kappa shape index (κ2) is 4.78. The van der Waals surface area contributed by atoms with Crippen molar-refractivity contribution in [3.05, 3.63) is 39.7 Å². The highest BCUT2D eigenvalue weighted by Gasteiger charge is 2.17. The maximum atomic E-state index is 5.58. The van der Waals surface area contributed by atoms with Gasteiger partial charge in [0.15, 0.2) is 0 Å². The van der Waals surface area contributed by atoms with Crippen LogP contribution in [0.3, 0.4) is 0 Å². The van der Waals surface area contributed by atoms with Crippen LogP contribution in [0.15, 0.2) is 22.1 Å². The van der Waals surface area contributed by atoms with E-state index in [-0.39, 0.29) is 6.04 Å². The first-order valence-electron chi connectivity index (χ1n) is 5.12. The number of hydrazine groups is 1. The van der Waals surface area contributed by atoms with E-state index in [0.29, 0.717) is 0 Å². The maximum Gasteiger partial charge on any atom is 0.105 e. The van der Waals surface area contributed by atoms with Crippen molar-refractivity contribution < 1.29 is 4.42 Å². The highest BCUT2D eigenvalue weighted by molar-refractivity contribution is 7.09.